The maximum absolute atomic E-state index is 13.8. The fraction of sp³-hybridized carbons (Fsp3) is 0.588. The molecule has 0 unspecified atom stereocenters. The molecule has 3 atom stereocenters. The smallest absolute Gasteiger partial charge is 0.307 e. The van der Waals surface area contributed by atoms with Crippen LogP contribution in [0.5, 0.6) is 5.75 Å². The van der Waals surface area contributed by atoms with Gasteiger partial charge in [-0.15, -0.1) is 0 Å². The minimum atomic E-state index is -0.166. The molecule has 42 heavy (non-hydrogen) atoms. The van der Waals surface area contributed by atoms with Gasteiger partial charge in [-0.05, 0) is 87.9 Å². The molecule has 2 saturated heterocycles. The topological polar surface area (TPSA) is 76.6 Å². The lowest BCUT2D eigenvalue weighted by Gasteiger charge is -2.48. The molecule has 1 saturated carbocycles. The van der Waals surface area contributed by atoms with E-state index in [1.54, 1.807) is 6.07 Å². The number of aromatic hydroxyl groups is 1. The summed E-state index contributed by atoms with van der Waals surface area (Å²) in [5.41, 5.74) is 2.82. The lowest BCUT2D eigenvalue weighted by Crippen LogP contribution is -2.57. The summed E-state index contributed by atoms with van der Waals surface area (Å²) in [7, 11) is 0. The molecule has 2 aromatic carbocycles. The summed E-state index contributed by atoms with van der Waals surface area (Å²) in [5.74, 6) is 1.00. The standard InChI is InChI=1S/C34H48N4O4/c1-4-42-32(40)14-17-35-15-7-16-36(19-18-35)34(41)30-10-5-8-28(20-30)33(29-9-6-11-31(39)21-29)38-23-25(2)37(22-26(38)3)24-27-12-13-27/h5-6,8-11,20-21,25-27,33,39H,4,7,12-19,22-24H2,1-3H3/t25-,26+,33-/m1/s1. The normalized spacial score (nSPS) is 23.4. The van der Waals surface area contributed by atoms with Crippen LogP contribution in [-0.4, -0.2) is 108 Å². The molecule has 1 amide bonds. The summed E-state index contributed by atoms with van der Waals surface area (Å²) >= 11 is 0. The summed E-state index contributed by atoms with van der Waals surface area (Å²) in [6.45, 7) is 13.6. The molecule has 2 heterocycles. The molecule has 1 aliphatic carbocycles. The first kappa shape index (κ1) is 30.5. The minimum Gasteiger partial charge on any atom is -0.508 e. The number of carbonyl (C=O) groups is 2. The Hall–Kier alpha value is -2.94. The molecule has 1 N–H and O–H groups in total. The van der Waals surface area contributed by atoms with Crippen molar-refractivity contribution in [1.29, 1.82) is 0 Å². The average molecular weight is 577 g/mol. The van der Waals surface area contributed by atoms with E-state index in [-0.39, 0.29) is 23.7 Å². The molecule has 228 valence electrons. The van der Waals surface area contributed by atoms with Crippen molar-refractivity contribution in [1.82, 2.24) is 19.6 Å². The Labute approximate surface area is 251 Å². The Morgan fingerprint density at radius 1 is 0.952 bits per heavy atom. The third-order valence-electron chi connectivity index (χ3n) is 9.13. The predicted octanol–water partition coefficient (Wildman–Crippen LogP) is 4.39. The largest absolute Gasteiger partial charge is 0.508 e. The van der Waals surface area contributed by atoms with Gasteiger partial charge in [0.25, 0.3) is 5.91 Å². The predicted molar refractivity (Wildman–Crippen MR) is 165 cm³/mol. The number of esters is 1. The SMILES string of the molecule is CCOC(=O)CCN1CCCN(C(=O)c2cccc([C@H](c3cccc(O)c3)N3C[C@@H](C)N(CC4CC4)C[C@@H]3C)c2)CC1. The lowest BCUT2D eigenvalue weighted by molar-refractivity contribution is -0.143. The number of hydrogen-bond acceptors (Lipinski definition) is 7. The number of hydrogen-bond donors (Lipinski definition) is 1. The number of carbonyl (C=O) groups excluding carboxylic acids is 2. The number of piperazine rings is 1. The Kier molecular flexibility index (Phi) is 10.2. The highest BCUT2D eigenvalue weighted by Crippen LogP contribution is 2.37. The third kappa shape index (κ3) is 7.71. The van der Waals surface area contributed by atoms with Gasteiger partial charge in [-0.2, -0.15) is 0 Å². The zero-order valence-corrected chi connectivity index (χ0v) is 25.6. The molecule has 8 heteroatoms. The van der Waals surface area contributed by atoms with E-state index in [2.05, 4.69) is 46.7 Å². The first-order valence-electron chi connectivity index (χ1n) is 15.9. The van der Waals surface area contributed by atoms with Crippen molar-refractivity contribution >= 4 is 11.9 Å². The van der Waals surface area contributed by atoms with Gasteiger partial charge >= 0.3 is 5.97 Å². The molecule has 3 aliphatic rings. The molecular formula is C34H48N4O4. The number of benzene rings is 2. The molecular weight excluding hydrogens is 528 g/mol. The molecule has 5 rings (SSSR count). The van der Waals surface area contributed by atoms with Crippen molar-refractivity contribution in [3.63, 3.8) is 0 Å². The van der Waals surface area contributed by atoms with E-state index in [1.807, 2.05) is 36.1 Å². The number of rotatable bonds is 10. The fourth-order valence-corrected chi connectivity index (χ4v) is 6.65. The van der Waals surface area contributed by atoms with Gasteiger partial charge in [0.05, 0.1) is 19.1 Å². The summed E-state index contributed by atoms with van der Waals surface area (Å²) in [6, 6.07) is 16.4. The van der Waals surface area contributed by atoms with E-state index in [0.29, 0.717) is 50.3 Å². The lowest BCUT2D eigenvalue weighted by atomic mass is 9.92. The van der Waals surface area contributed by atoms with Crippen LogP contribution in [0.25, 0.3) is 0 Å². The van der Waals surface area contributed by atoms with Crippen LogP contribution in [0.3, 0.4) is 0 Å². The molecule has 0 spiro atoms. The van der Waals surface area contributed by atoms with Crippen LogP contribution >= 0.6 is 0 Å². The highest BCUT2D eigenvalue weighted by molar-refractivity contribution is 5.94. The van der Waals surface area contributed by atoms with E-state index in [4.69, 9.17) is 4.74 Å². The van der Waals surface area contributed by atoms with Crippen molar-refractivity contribution in [3.8, 4) is 5.75 Å². The highest BCUT2D eigenvalue weighted by atomic mass is 16.5. The summed E-state index contributed by atoms with van der Waals surface area (Å²) in [5, 5.41) is 10.4. The van der Waals surface area contributed by atoms with E-state index in [0.717, 1.165) is 49.6 Å². The molecule has 3 fully saturated rings. The van der Waals surface area contributed by atoms with E-state index in [9.17, 15) is 14.7 Å². The Morgan fingerprint density at radius 3 is 2.45 bits per heavy atom. The first-order chi connectivity index (χ1) is 20.3. The number of amides is 1. The van der Waals surface area contributed by atoms with Crippen molar-refractivity contribution in [2.24, 2.45) is 5.92 Å². The maximum atomic E-state index is 13.8. The van der Waals surface area contributed by atoms with Gasteiger partial charge in [0.1, 0.15) is 5.75 Å². The first-order valence-corrected chi connectivity index (χ1v) is 15.9. The quantitative estimate of drug-likeness (QED) is 0.421. The third-order valence-corrected chi connectivity index (χ3v) is 9.13. The van der Waals surface area contributed by atoms with Crippen LogP contribution in [0.15, 0.2) is 48.5 Å². The van der Waals surface area contributed by atoms with Crippen molar-refractivity contribution < 1.29 is 19.4 Å². The monoisotopic (exact) mass is 576 g/mol. The number of ether oxygens (including phenoxy) is 1. The van der Waals surface area contributed by atoms with Gasteiger partial charge < -0.3 is 19.6 Å². The number of phenolic OH excluding ortho intramolecular Hbond substituents is 1. The van der Waals surface area contributed by atoms with Crippen LogP contribution in [0.4, 0.5) is 0 Å². The summed E-state index contributed by atoms with van der Waals surface area (Å²) in [4.78, 5) is 35.0. The van der Waals surface area contributed by atoms with Gasteiger partial charge in [0, 0.05) is 63.5 Å². The zero-order valence-electron chi connectivity index (χ0n) is 25.6. The van der Waals surface area contributed by atoms with Crippen molar-refractivity contribution in [2.45, 2.75) is 64.6 Å². The highest BCUT2D eigenvalue weighted by Gasteiger charge is 2.37. The van der Waals surface area contributed by atoms with Gasteiger partial charge in [0.2, 0.25) is 0 Å². The number of phenols is 1. The van der Waals surface area contributed by atoms with E-state index in [1.165, 1.54) is 19.4 Å². The number of nitrogens with zero attached hydrogens (tertiary/aromatic N) is 4. The summed E-state index contributed by atoms with van der Waals surface area (Å²) < 4.78 is 5.08. The molecule has 2 aliphatic heterocycles. The second-order valence-corrected chi connectivity index (χ2v) is 12.5. The molecule has 0 bridgehead atoms. The van der Waals surface area contributed by atoms with Crippen molar-refractivity contribution in [3.05, 3.63) is 65.2 Å². The average Bonchev–Trinajstić information content (AvgIpc) is 3.82. The Morgan fingerprint density at radius 2 is 1.71 bits per heavy atom. The second-order valence-electron chi connectivity index (χ2n) is 12.5. The fourth-order valence-electron chi connectivity index (χ4n) is 6.65. The van der Waals surface area contributed by atoms with Gasteiger partial charge in [-0.3, -0.25) is 19.4 Å². The molecule has 0 radical (unpaired) electrons. The van der Waals surface area contributed by atoms with Gasteiger partial charge in [0.15, 0.2) is 0 Å². The second kappa shape index (κ2) is 14.0. The van der Waals surface area contributed by atoms with Gasteiger partial charge in [-0.25, -0.2) is 0 Å². The van der Waals surface area contributed by atoms with Crippen LogP contribution in [0.1, 0.15) is 74.0 Å². The molecule has 8 nitrogen and oxygen atoms in total. The zero-order chi connectivity index (χ0) is 29.6. The molecule has 0 aromatic heterocycles. The van der Waals surface area contributed by atoms with E-state index >= 15 is 0 Å². The van der Waals surface area contributed by atoms with Gasteiger partial charge in [-0.1, -0.05) is 24.3 Å². The van der Waals surface area contributed by atoms with Crippen LogP contribution in [0.2, 0.25) is 0 Å². The van der Waals surface area contributed by atoms with Crippen molar-refractivity contribution in [2.75, 3.05) is 59.0 Å². The molecule has 2 aromatic rings. The van der Waals surface area contributed by atoms with Crippen LogP contribution < -0.4 is 0 Å². The summed E-state index contributed by atoms with van der Waals surface area (Å²) in [6.07, 6.45) is 3.97. The van der Waals surface area contributed by atoms with Crippen LogP contribution in [0, 0.1) is 5.92 Å². The Bertz CT molecular complexity index is 1220. The minimum absolute atomic E-state index is 0.0504. The Balaban J connectivity index is 1.32. The maximum Gasteiger partial charge on any atom is 0.307 e. The van der Waals surface area contributed by atoms with Crippen LogP contribution in [-0.2, 0) is 9.53 Å². The van der Waals surface area contributed by atoms with E-state index < -0.39 is 0 Å².